The van der Waals surface area contributed by atoms with Gasteiger partial charge in [0.05, 0.1) is 5.75 Å². The Hall–Kier alpha value is -3.20. The molecule has 0 spiro atoms. The standard InChI is InChI=1S/C20H20N4O4S/c1-12-3-4-13(2)16(7-12)26-9-18-22-20(24-23-18)29-10-19(25)21-14-5-6-15-17(8-14)28-11-27-15/h3-8H,9-11H2,1-2H3,(H,21,25)(H,22,23,24). The van der Waals surface area contributed by atoms with Crippen LogP contribution in [0, 0.1) is 13.8 Å². The summed E-state index contributed by atoms with van der Waals surface area (Å²) in [4.78, 5) is 16.5. The number of nitrogens with one attached hydrogen (secondary N) is 2. The fourth-order valence-electron chi connectivity index (χ4n) is 2.72. The number of aromatic amines is 1. The van der Waals surface area contributed by atoms with Crippen molar-refractivity contribution in [1.82, 2.24) is 15.2 Å². The lowest BCUT2D eigenvalue weighted by molar-refractivity contribution is -0.113. The van der Waals surface area contributed by atoms with Crippen molar-refractivity contribution in [2.45, 2.75) is 25.6 Å². The zero-order chi connectivity index (χ0) is 20.2. The summed E-state index contributed by atoms with van der Waals surface area (Å²) in [5, 5.41) is 10.3. The van der Waals surface area contributed by atoms with Crippen LogP contribution in [0.1, 0.15) is 17.0 Å². The largest absolute Gasteiger partial charge is 0.485 e. The molecule has 3 aromatic rings. The monoisotopic (exact) mass is 412 g/mol. The molecule has 0 atom stereocenters. The third-order valence-corrected chi connectivity index (χ3v) is 5.06. The zero-order valence-electron chi connectivity index (χ0n) is 16.0. The van der Waals surface area contributed by atoms with Crippen LogP contribution >= 0.6 is 11.8 Å². The van der Waals surface area contributed by atoms with Gasteiger partial charge >= 0.3 is 0 Å². The maximum absolute atomic E-state index is 12.2. The number of ether oxygens (including phenoxy) is 3. The molecule has 9 heteroatoms. The number of thioether (sulfide) groups is 1. The Morgan fingerprint density at radius 1 is 1.21 bits per heavy atom. The molecule has 1 aliphatic heterocycles. The molecular weight excluding hydrogens is 392 g/mol. The number of H-pyrrole nitrogens is 1. The second-order valence-corrected chi connectivity index (χ2v) is 7.47. The smallest absolute Gasteiger partial charge is 0.234 e. The van der Waals surface area contributed by atoms with Gasteiger partial charge in [-0.15, -0.1) is 5.10 Å². The summed E-state index contributed by atoms with van der Waals surface area (Å²) in [5.41, 5.74) is 2.84. The van der Waals surface area contributed by atoms with Gasteiger partial charge in [0.15, 0.2) is 17.3 Å². The van der Waals surface area contributed by atoms with E-state index in [0.717, 1.165) is 16.9 Å². The van der Waals surface area contributed by atoms with Crippen molar-refractivity contribution in [3.05, 3.63) is 53.3 Å². The summed E-state index contributed by atoms with van der Waals surface area (Å²) in [6.45, 7) is 4.49. The van der Waals surface area contributed by atoms with Crippen molar-refractivity contribution in [1.29, 1.82) is 0 Å². The second kappa shape index (κ2) is 8.44. The van der Waals surface area contributed by atoms with Gasteiger partial charge in [-0.2, -0.15) is 0 Å². The van der Waals surface area contributed by atoms with Crippen LogP contribution in [0.5, 0.6) is 17.2 Å². The summed E-state index contributed by atoms with van der Waals surface area (Å²) in [6, 6.07) is 11.3. The SMILES string of the molecule is Cc1ccc(C)c(OCc2nc(SCC(=O)Nc3ccc4c(c3)OCO4)n[nH]2)c1. The first-order valence-electron chi connectivity index (χ1n) is 9.00. The van der Waals surface area contributed by atoms with Crippen LogP contribution < -0.4 is 19.5 Å². The van der Waals surface area contributed by atoms with Crippen molar-refractivity contribution in [3.63, 3.8) is 0 Å². The highest BCUT2D eigenvalue weighted by molar-refractivity contribution is 7.99. The molecular formula is C20H20N4O4S. The number of anilines is 1. The number of aromatic nitrogens is 3. The van der Waals surface area contributed by atoms with E-state index in [1.165, 1.54) is 11.8 Å². The van der Waals surface area contributed by atoms with Crippen LogP contribution in [0.2, 0.25) is 0 Å². The van der Waals surface area contributed by atoms with E-state index >= 15 is 0 Å². The minimum Gasteiger partial charge on any atom is -0.485 e. The second-order valence-electron chi connectivity index (χ2n) is 6.53. The molecule has 0 radical (unpaired) electrons. The van der Waals surface area contributed by atoms with Gasteiger partial charge in [0.2, 0.25) is 17.9 Å². The molecule has 0 saturated carbocycles. The highest BCUT2D eigenvalue weighted by Crippen LogP contribution is 2.34. The van der Waals surface area contributed by atoms with Gasteiger partial charge in [-0.25, -0.2) is 4.98 Å². The van der Waals surface area contributed by atoms with Crippen LogP contribution in [0.15, 0.2) is 41.6 Å². The van der Waals surface area contributed by atoms with E-state index in [1.807, 2.05) is 32.0 Å². The first-order chi connectivity index (χ1) is 14.1. The fraction of sp³-hybridized carbons (Fsp3) is 0.250. The molecule has 0 aliphatic carbocycles. The quantitative estimate of drug-likeness (QED) is 0.574. The topological polar surface area (TPSA) is 98.4 Å². The fourth-order valence-corrected chi connectivity index (χ4v) is 3.33. The molecule has 1 amide bonds. The lowest BCUT2D eigenvalue weighted by Gasteiger charge is -2.08. The number of hydrogen-bond acceptors (Lipinski definition) is 7. The number of carbonyl (C=O) groups is 1. The Bertz CT molecular complexity index is 1040. The van der Waals surface area contributed by atoms with E-state index in [1.54, 1.807) is 18.2 Å². The van der Waals surface area contributed by atoms with Crippen molar-refractivity contribution in [2.24, 2.45) is 0 Å². The lowest BCUT2D eigenvalue weighted by atomic mass is 10.1. The molecule has 2 heterocycles. The van der Waals surface area contributed by atoms with Crippen LogP contribution in [-0.4, -0.2) is 33.6 Å². The van der Waals surface area contributed by atoms with Crippen molar-refractivity contribution < 1.29 is 19.0 Å². The van der Waals surface area contributed by atoms with Gasteiger partial charge < -0.3 is 19.5 Å². The Labute approximate surface area is 172 Å². The Morgan fingerprint density at radius 2 is 2.07 bits per heavy atom. The van der Waals surface area contributed by atoms with Crippen LogP contribution in [0.3, 0.4) is 0 Å². The normalized spacial score (nSPS) is 12.1. The first-order valence-corrected chi connectivity index (χ1v) is 9.99. The van der Waals surface area contributed by atoms with Gasteiger partial charge in [0.1, 0.15) is 12.4 Å². The Kier molecular flexibility index (Phi) is 5.57. The maximum Gasteiger partial charge on any atom is 0.234 e. The third kappa shape index (κ3) is 4.80. The molecule has 150 valence electrons. The van der Waals surface area contributed by atoms with Gasteiger partial charge in [0, 0.05) is 11.8 Å². The average molecular weight is 412 g/mol. The van der Waals surface area contributed by atoms with Gasteiger partial charge in [-0.1, -0.05) is 23.9 Å². The Morgan fingerprint density at radius 3 is 2.97 bits per heavy atom. The van der Waals surface area contributed by atoms with Crippen LogP contribution in [-0.2, 0) is 11.4 Å². The molecule has 1 aliphatic rings. The molecule has 2 N–H and O–H groups in total. The molecule has 29 heavy (non-hydrogen) atoms. The maximum atomic E-state index is 12.2. The molecule has 8 nitrogen and oxygen atoms in total. The van der Waals surface area contributed by atoms with Crippen LogP contribution in [0.4, 0.5) is 5.69 Å². The molecule has 0 fully saturated rings. The van der Waals surface area contributed by atoms with Gasteiger partial charge in [-0.3, -0.25) is 9.89 Å². The number of amides is 1. The molecule has 1 aromatic heterocycles. The molecule has 0 unspecified atom stereocenters. The molecule has 0 saturated heterocycles. The van der Waals surface area contributed by atoms with Gasteiger partial charge in [0.25, 0.3) is 0 Å². The van der Waals surface area contributed by atoms with Crippen molar-refractivity contribution in [2.75, 3.05) is 17.9 Å². The predicted octanol–water partition coefficient (Wildman–Crippen LogP) is 3.46. The molecule has 0 bridgehead atoms. The molecule has 2 aromatic carbocycles. The lowest BCUT2D eigenvalue weighted by Crippen LogP contribution is -2.14. The minimum atomic E-state index is -0.160. The number of fused-ring (bicyclic) bond motifs is 1. The minimum absolute atomic E-state index is 0.160. The number of benzene rings is 2. The van der Waals surface area contributed by atoms with E-state index in [2.05, 4.69) is 20.5 Å². The highest BCUT2D eigenvalue weighted by Gasteiger charge is 2.15. The van der Waals surface area contributed by atoms with E-state index in [4.69, 9.17) is 14.2 Å². The van der Waals surface area contributed by atoms with E-state index in [9.17, 15) is 4.79 Å². The number of aryl methyl sites for hydroxylation is 2. The summed E-state index contributed by atoms with van der Waals surface area (Å²) in [6.07, 6.45) is 0. The third-order valence-electron chi connectivity index (χ3n) is 4.21. The van der Waals surface area contributed by atoms with E-state index in [-0.39, 0.29) is 25.1 Å². The van der Waals surface area contributed by atoms with Gasteiger partial charge in [-0.05, 0) is 43.2 Å². The zero-order valence-corrected chi connectivity index (χ0v) is 16.8. The average Bonchev–Trinajstić information content (AvgIpc) is 3.36. The number of carbonyl (C=O) groups excluding carboxylic acids is 1. The summed E-state index contributed by atoms with van der Waals surface area (Å²) in [5.74, 6) is 2.74. The van der Waals surface area contributed by atoms with Crippen molar-refractivity contribution >= 4 is 23.4 Å². The highest BCUT2D eigenvalue weighted by atomic mass is 32.2. The summed E-state index contributed by atoms with van der Waals surface area (Å²) in [7, 11) is 0. The first kappa shape index (κ1) is 19.1. The van der Waals surface area contributed by atoms with E-state index < -0.39 is 0 Å². The number of rotatable bonds is 7. The van der Waals surface area contributed by atoms with Crippen molar-refractivity contribution in [3.8, 4) is 17.2 Å². The van der Waals surface area contributed by atoms with Crippen LogP contribution in [0.25, 0.3) is 0 Å². The van der Waals surface area contributed by atoms with E-state index in [0.29, 0.717) is 28.2 Å². The Balaban J connectivity index is 1.26. The summed E-state index contributed by atoms with van der Waals surface area (Å²) >= 11 is 1.24. The number of nitrogens with zero attached hydrogens (tertiary/aromatic N) is 2. The number of hydrogen-bond donors (Lipinski definition) is 2. The predicted molar refractivity (Wildman–Crippen MR) is 109 cm³/mol. The molecule has 4 rings (SSSR count). The summed E-state index contributed by atoms with van der Waals surface area (Å²) < 4.78 is 16.4.